The fourth-order valence-electron chi connectivity index (χ4n) is 0.525. The second-order valence-corrected chi connectivity index (χ2v) is 3.23. The molecule has 0 aliphatic heterocycles. The number of aryl methyl sites for hydroxylation is 1. The average Bonchev–Trinajstić information content (AvgIpc) is 2.11. The van der Waals surface area contributed by atoms with Crippen molar-refractivity contribution in [2.45, 2.75) is 11.9 Å². The minimum Gasteiger partial charge on any atom is -0.281 e. The van der Waals surface area contributed by atoms with Gasteiger partial charge in [-0.25, -0.2) is 0 Å². The van der Waals surface area contributed by atoms with Gasteiger partial charge in [-0.05, 0) is 6.92 Å². The average molecular weight is 162 g/mol. The fourth-order valence-corrected chi connectivity index (χ4v) is 1.01. The number of hydrogen-bond donors (Lipinski definition) is 2. The van der Waals surface area contributed by atoms with Gasteiger partial charge in [-0.15, -0.1) is 0 Å². The van der Waals surface area contributed by atoms with E-state index in [1.54, 1.807) is 6.92 Å². The van der Waals surface area contributed by atoms with Gasteiger partial charge in [0.2, 0.25) is 5.03 Å². The van der Waals surface area contributed by atoms with Gasteiger partial charge in [-0.1, -0.05) is 0 Å². The van der Waals surface area contributed by atoms with Gasteiger partial charge in [0.05, 0.1) is 0 Å². The SMILES string of the molecule is Cc1cc(S(=O)(=O)O)n[nH]1. The van der Waals surface area contributed by atoms with Crippen LogP contribution in [0.25, 0.3) is 0 Å². The topological polar surface area (TPSA) is 83.1 Å². The number of hydrogen-bond acceptors (Lipinski definition) is 3. The van der Waals surface area contributed by atoms with E-state index in [1.165, 1.54) is 6.07 Å². The molecule has 0 atom stereocenters. The summed E-state index contributed by atoms with van der Waals surface area (Å²) in [7, 11) is -4.12. The number of H-pyrrole nitrogens is 1. The minimum atomic E-state index is -4.12. The van der Waals surface area contributed by atoms with Crippen molar-refractivity contribution in [3.63, 3.8) is 0 Å². The third-order valence-corrected chi connectivity index (χ3v) is 1.68. The van der Waals surface area contributed by atoms with E-state index in [0.717, 1.165) is 0 Å². The fraction of sp³-hybridized carbons (Fsp3) is 0.250. The Morgan fingerprint density at radius 2 is 2.30 bits per heavy atom. The lowest BCUT2D eigenvalue weighted by atomic mass is 10.5. The van der Waals surface area contributed by atoms with Crippen molar-refractivity contribution in [2.24, 2.45) is 0 Å². The Bertz CT molecular complexity index is 326. The van der Waals surface area contributed by atoms with Crippen molar-refractivity contribution in [3.05, 3.63) is 11.8 Å². The van der Waals surface area contributed by atoms with Crippen molar-refractivity contribution in [3.8, 4) is 0 Å². The lowest BCUT2D eigenvalue weighted by Gasteiger charge is -1.83. The zero-order chi connectivity index (χ0) is 7.78. The lowest BCUT2D eigenvalue weighted by Crippen LogP contribution is -1.97. The Labute approximate surface area is 57.8 Å². The molecular formula is C4H6N2O3S. The summed E-state index contributed by atoms with van der Waals surface area (Å²) < 4.78 is 29.0. The molecule has 0 saturated heterocycles. The standard InChI is InChI=1S/C4H6N2O3S/c1-3-2-4(6-5-3)10(7,8)9/h2H,1H3,(H,5,6)(H,7,8,9). The highest BCUT2D eigenvalue weighted by Crippen LogP contribution is 2.03. The van der Waals surface area contributed by atoms with E-state index in [4.69, 9.17) is 4.55 Å². The summed E-state index contributed by atoms with van der Waals surface area (Å²) >= 11 is 0. The number of nitrogens with zero attached hydrogens (tertiary/aromatic N) is 1. The van der Waals surface area contributed by atoms with Gasteiger partial charge in [0.1, 0.15) is 0 Å². The summed E-state index contributed by atoms with van der Waals surface area (Å²) in [6.07, 6.45) is 0. The Morgan fingerprint density at radius 1 is 1.70 bits per heavy atom. The summed E-state index contributed by atoms with van der Waals surface area (Å²) in [4.78, 5) is 0. The van der Waals surface area contributed by atoms with E-state index >= 15 is 0 Å². The summed E-state index contributed by atoms with van der Waals surface area (Å²) in [6.45, 7) is 1.64. The molecule has 10 heavy (non-hydrogen) atoms. The van der Waals surface area contributed by atoms with Crippen LogP contribution in [0.3, 0.4) is 0 Å². The van der Waals surface area contributed by atoms with Crippen molar-refractivity contribution in [1.29, 1.82) is 0 Å². The maximum Gasteiger partial charge on any atom is 0.313 e. The van der Waals surface area contributed by atoms with Gasteiger partial charge in [0, 0.05) is 11.8 Å². The molecule has 6 heteroatoms. The van der Waals surface area contributed by atoms with Gasteiger partial charge < -0.3 is 0 Å². The molecule has 0 aliphatic carbocycles. The summed E-state index contributed by atoms with van der Waals surface area (Å²) in [5, 5.41) is 5.37. The summed E-state index contributed by atoms with van der Waals surface area (Å²) in [5.41, 5.74) is 0.590. The van der Waals surface area contributed by atoms with Crippen LogP contribution in [0.1, 0.15) is 5.69 Å². The van der Waals surface area contributed by atoms with Crippen molar-refractivity contribution in [1.82, 2.24) is 10.2 Å². The van der Waals surface area contributed by atoms with Crippen molar-refractivity contribution >= 4 is 10.1 Å². The molecule has 1 heterocycles. The van der Waals surface area contributed by atoms with Crippen LogP contribution in [0.15, 0.2) is 11.1 Å². The first-order valence-corrected chi connectivity index (χ1v) is 3.93. The molecule has 2 N–H and O–H groups in total. The van der Waals surface area contributed by atoms with Crippen LogP contribution >= 0.6 is 0 Å². The van der Waals surface area contributed by atoms with Gasteiger partial charge in [-0.2, -0.15) is 13.5 Å². The molecule has 0 radical (unpaired) electrons. The molecule has 0 aromatic carbocycles. The zero-order valence-electron chi connectivity index (χ0n) is 5.20. The second-order valence-electron chi connectivity index (χ2n) is 1.86. The highest BCUT2D eigenvalue weighted by atomic mass is 32.2. The molecule has 0 saturated carbocycles. The molecule has 1 aromatic heterocycles. The van der Waals surface area contributed by atoms with E-state index < -0.39 is 10.1 Å². The van der Waals surface area contributed by atoms with Crippen molar-refractivity contribution in [2.75, 3.05) is 0 Å². The first-order valence-electron chi connectivity index (χ1n) is 2.49. The summed E-state index contributed by atoms with van der Waals surface area (Å²) in [5.74, 6) is 0. The zero-order valence-corrected chi connectivity index (χ0v) is 6.01. The van der Waals surface area contributed by atoms with Gasteiger partial charge in [0.15, 0.2) is 0 Å². The normalized spacial score (nSPS) is 11.8. The van der Waals surface area contributed by atoms with Crippen LogP contribution in [0.4, 0.5) is 0 Å². The predicted octanol–water partition coefficient (Wildman–Crippen LogP) is -0.0352. The first kappa shape index (κ1) is 7.23. The van der Waals surface area contributed by atoms with E-state index in [0.29, 0.717) is 5.69 Å². The van der Waals surface area contributed by atoms with Crippen LogP contribution in [-0.2, 0) is 10.1 Å². The largest absolute Gasteiger partial charge is 0.313 e. The molecule has 0 spiro atoms. The maximum atomic E-state index is 10.3. The van der Waals surface area contributed by atoms with Gasteiger partial charge >= 0.3 is 10.1 Å². The molecule has 0 aliphatic rings. The van der Waals surface area contributed by atoms with Gasteiger partial charge in [0.25, 0.3) is 0 Å². The predicted molar refractivity (Wildman–Crippen MR) is 33.1 cm³/mol. The number of aromatic nitrogens is 2. The molecule has 56 valence electrons. The van der Waals surface area contributed by atoms with Crippen LogP contribution in [0.5, 0.6) is 0 Å². The highest BCUT2D eigenvalue weighted by molar-refractivity contribution is 7.85. The van der Waals surface area contributed by atoms with E-state index in [2.05, 4.69) is 10.2 Å². The van der Waals surface area contributed by atoms with E-state index in [-0.39, 0.29) is 5.03 Å². The molecular weight excluding hydrogens is 156 g/mol. The third-order valence-electron chi connectivity index (χ3n) is 0.947. The molecule has 5 nitrogen and oxygen atoms in total. The monoisotopic (exact) mass is 162 g/mol. The van der Waals surface area contributed by atoms with Crippen LogP contribution in [0, 0.1) is 6.92 Å². The molecule has 0 bridgehead atoms. The Morgan fingerprint density at radius 3 is 2.50 bits per heavy atom. The summed E-state index contributed by atoms with van der Waals surface area (Å²) in [6, 6.07) is 1.25. The number of aromatic amines is 1. The van der Waals surface area contributed by atoms with Crippen molar-refractivity contribution < 1.29 is 13.0 Å². The Balaban J connectivity index is 3.21. The third kappa shape index (κ3) is 1.34. The van der Waals surface area contributed by atoms with Crippen LogP contribution in [-0.4, -0.2) is 23.2 Å². The smallest absolute Gasteiger partial charge is 0.281 e. The Kier molecular flexibility index (Phi) is 1.49. The Hall–Kier alpha value is -0.880. The van der Waals surface area contributed by atoms with Gasteiger partial charge in [-0.3, -0.25) is 9.65 Å². The van der Waals surface area contributed by atoms with E-state index in [9.17, 15) is 8.42 Å². The van der Waals surface area contributed by atoms with Crippen LogP contribution in [0.2, 0.25) is 0 Å². The first-order chi connectivity index (χ1) is 4.50. The molecule has 0 amide bonds. The lowest BCUT2D eigenvalue weighted by molar-refractivity contribution is 0.479. The quantitative estimate of drug-likeness (QED) is 0.568. The highest BCUT2D eigenvalue weighted by Gasteiger charge is 2.11. The number of nitrogens with one attached hydrogen (secondary N) is 1. The second kappa shape index (κ2) is 2.06. The van der Waals surface area contributed by atoms with E-state index in [1.807, 2.05) is 0 Å². The molecule has 1 aromatic rings. The minimum absolute atomic E-state index is 0.343. The molecule has 0 fully saturated rings. The molecule has 1 rings (SSSR count). The molecule has 0 unspecified atom stereocenters. The maximum absolute atomic E-state index is 10.3. The number of rotatable bonds is 1. The van der Waals surface area contributed by atoms with Crippen LogP contribution < -0.4 is 0 Å².